The molecule has 2 aliphatic heterocycles. The van der Waals surface area contributed by atoms with Gasteiger partial charge >= 0.3 is 0 Å². The molecule has 5 unspecified atom stereocenters. The fraction of sp³-hybridized carbons (Fsp3) is 0.455. The van der Waals surface area contributed by atoms with Crippen molar-refractivity contribution in [3.05, 3.63) is 165 Å². The summed E-state index contributed by atoms with van der Waals surface area (Å²) < 4.78 is 3.02. The van der Waals surface area contributed by atoms with Gasteiger partial charge in [0.25, 0.3) is 0 Å². The van der Waals surface area contributed by atoms with E-state index in [1.165, 1.54) is 193 Å². The molecule has 7 aromatic carbocycles. The zero-order chi connectivity index (χ0) is 55.3. The van der Waals surface area contributed by atoms with Gasteiger partial charge in [0, 0.05) is 33.5 Å². The summed E-state index contributed by atoms with van der Waals surface area (Å²) in [5, 5.41) is 2.98. The van der Waals surface area contributed by atoms with Crippen LogP contribution in [-0.4, -0.2) is 18.0 Å². The lowest BCUT2D eigenvalue weighted by atomic mass is 9.29. The molecule has 0 N–H and O–H groups in total. The molecule has 3 heterocycles. The van der Waals surface area contributed by atoms with Crippen LogP contribution < -0.4 is 37.7 Å². The van der Waals surface area contributed by atoms with E-state index in [1.807, 2.05) is 0 Å². The van der Waals surface area contributed by atoms with Gasteiger partial charge in [-0.05, 0) is 250 Å². The number of aromatic nitrogens is 1. The van der Waals surface area contributed by atoms with Crippen molar-refractivity contribution in [1.29, 1.82) is 0 Å². The zero-order valence-corrected chi connectivity index (χ0v) is 50.9. The predicted molar refractivity (Wildman–Crippen MR) is 346 cm³/mol. The van der Waals surface area contributed by atoms with Crippen LogP contribution in [0.3, 0.4) is 0 Å². The minimum atomic E-state index is -0.0262. The van der Waals surface area contributed by atoms with Crippen LogP contribution in [0.2, 0.25) is 0 Å². The Bertz CT molecular complexity index is 3860. The molecule has 8 aliphatic carbocycles. The Balaban J connectivity index is 1.05. The third-order valence-electron chi connectivity index (χ3n) is 24.7. The first-order valence-corrected chi connectivity index (χ1v) is 32.2. The van der Waals surface area contributed by atoms with Gasteiger partial charge in [-0.15, -0.1) is 0 Å². The van der Waals surface area contributed by atoms with Crippen LogP contribution in [-0.2, 0) is 21.7 Å². The highest BCUT2D eigenvalue weighted by Gasteiger charge is 2.71. The SMILES string of the molecule is Cc1cc(C)c(B2c3cc(C(C)(C)C)ccc3N3c4ccc(C(C)(C)C)cc4B(c4c(C)cc(C)cc4C)c4cc(-n5c6c(C78CC9CC(CC(C9)C7)C8)cccc6c6cccc(C78CC9CC%10CC(C7)C%10(C9)C8)c65)cc2c43)c(C)c1. The number of para-hydroxylation sites is 2. The average molecular weight is 1060 g/mol. The second kappa shape index (κ2) is 16.3. The van der Waals surface area contributed by atoms with Crippen molar-refractivity contribution in [3.8, 4) is 5.69 Å². The van der Waals surface area contributed by atoms with Gasteiger partial charge in [-0.3, -0.25) is 0 Å². The van der Waals surface area contributed by atoms with Gasteiger partial charge in [-0.25, -0.2) is 0 Å². The topological polar surface area (TPSA) is 8.17 Å². The quantitative estimate of drug-likeness (QED) is 0.156. The van der Waals surface area contributed by atoms with Gasteiger partial charge in [-0.1, -0.05) is 171 Å². The van der Waals surface area contributed by atoms with Gasteiger partial charge in [0.15, 0.2) is 0 Å². The van der Waals surface area contributed by atoms with Gasteiger partial charge in [-0.2, -0.15) is 0 Å². The average Bonchev–Trinajstić information content (AvgIpc) is 1.92. The minimum Gasteiger partial charge on any atom is -0.313 e. The third kappa shape index (κ3) is 6.72. The van der Waals surface area contributed by atoms with E-state index < -0.39 is 0 Å². The fourth-order valence-corrected chi connectivity index (χ4v) is 22.4. The molecule has 10 aliphatic rings. The Morgan fingerprint density at radius 1 is 0.444 bits per heavy atom. The van der Waals surface area contributed by atoms with Crippen LogP contribution in [0.15, 0.2) is 109 Å². The van der Waals surface area contributed by atoms with E-state index in [9.17, 15) is 0 Å². The Hall–Kier alpha value is -5.73. The van der Waals surface area contributed by atoms with Crippen molar-refractivity contribution in [1.82, 2.24) is 4.57 Å². The molecule has 0 saturated heterocycles. The number of fused-ring (bicyclic) bond motifs is 9. The first-order chi connectivity index (χ1) is 38.7. The largest absolute Gasteiger partial charge is 0.313 e. The molecule has 8 aromatic rings. The van der Waals surface area contributed by atoms with Crippen molar-refractivity contribution < 1.29 is 0 Å². The van der Waals surface area contributed by atoms with E-state index in [2.05, 4.69) is 202 Å². The monoisotopic (exact) mass is 1060 g/mol. The van der Waals surface area contributed by atoms with Gasteiger partial charge < -0.3 is 9.47 Å². The maximum absolute atomic E-state index is 3.02. The molecule has 4 heteroatoms. The Morgan fingerprint density at radius 3 is 1.40 bits per heavy atom. The van der Waals surface area contributed by atoms with Crippen molar-refractivity contribution in [3.63, 3.8) is 0 Å². The van der Waals surface area contributed by atoms with E-state index >= 15 is 0 Å². The first-order valence-electron chi connectivity index (χ1n) is 32.2. The third-order valence-corrected chi connectivity index (χ3v) is 24.7. The zero-order valence-electron chi connectivity index (χ0n) is 50.9. The molecular formula is C77H84B2N2. The summed E-state index contributed by atoms with van der Waals surface area (Å²) in [6, 6.07) is 46.4. The lowest BCUT2D eigenvalue weighted by Crippen LogP contribution is -2.66. The summed E-state index contributed by atoms with van der Waals surface area (Å²) in [6.45, 7) is 28.8. The molecule has 5 atom stereocenters. The molecule has 0 amide bonds. The van der Waals surface area contributed by atoms with Crippen LogP contribution in [0.5, 0.6) is 0 Å². The Labute approximate surface area is 485 Å². The molecular weight excluding hydrogens is 974 g/mol. The van der Waals surface area contributed by atoms with Gasteiger partial charge in [0.2, 0.25) is 13.4 Å². The second-order valence-electron chi connectivity index (χ2n) is 31.8. The molecule has 1 aromatic heterocycles. The Kier molecular flexibility index (Phi) is 10.0. The highest BCUT2D eigenvalue weighted by atomic mass is 15.2. The fourth-order valence-electron chi connectivity index (χ4n) is 22.4. The van der Waals surface area contributed by atoms with Crippen molar-refractivity contribution in [2.75, 3.05) is 4.90 Å². The van der Waals surface area contributed by atoms with E-state index in [-0.39, 0.29) is 35.1 Å². The summed E-state index contributed by atoms with van der Waals surface area (Å²) in [5.41, 5.74) is 32.7. The van der Waals surface area contributed by atoms with E-state index in [0.717, 1.165) is 35.5 Å². The van der Waals surface area contributed by atoms with E-state index in [4.69, 9.17) is 0 Å². The molecule has 7 bridgehead atoms. The number of rotatable bonds is 5. The summed E-state index contributed by atoms with van der Waals surface area (Å²) in [6.07, 6.45) is 17.1. The summed E-state index contributed by atoms with van der Waals surface area (Å²) >= 11 is 0. The standard InChI is InChI=1S/C77H84B2N2/c1-43-23-45(3)68(46(4)24-43)78-62-32-53(73(7,8)9)19-21-66(62)81-67-22-20-54(74(10,11)12)33-63(67)79(69-47(5)25-44(2)26-48(69)6)65-35-57(34-64(78)72(65)81)80-70-58(15-13-17-60(70)75-36-49-27-50(37-75)29-51(28-49)38-75)59-16-14-18-61(71(59)80)76-39-52-30-55-31-56(41-76)77(55,40-52)42-76/h13-26,32-35,49-52,55-56H,27-31,36-42H2,1-12H3. The number of aryl methyl sites for hydroxylation is 6. The number of hydrogen-bond acceptors (Lipinski definition) is 1. The minimum absolute atomic E-state index is 0.0216. The Morgan fingerprint density at radius 2 is 0.914 bits per heavy atom. The highest BCUT2D eigenvalue weighted by molar-refractivity contribution is 7.02. The van der Waals surface area contributed by atoms with Crippen LogP contribution in [0.1, 0.15) is 174 Å². The lowest BCUT2D eigenvalue weighted by molar-refractivity contribution is -0.00460. The molecule has 8 fully saturated rings. The maximum Gasteiger partial charge on any atom is 0.247 e. The van der Waals surface area contributed by atoms with Crippen molar-refractivity contribution in [2.24, 2.45) is 40.9 Å². The molecule has 81 heavy (non-hydrogen) atoms. The molecule has 1 spiro atoms. The van der Waals surface area contributed by atoms with Crippen LogP contribution in [0.25, 0.3) is 27.5 Å². The van der Waals surface area contributed by atoms with Crippen molar-refractivity contribution >= 4 is 85.1 Å². The first kappa shape index (κ1) is 49.8. The molecule has 408 valence electrons. The lowest BCUT2D eigenvalue weighted by Gasteiger charge is -2.57. The smallest absolute Gasteiger partial charge is 0.247 e. The van der Waals surface area contributed by atoms with Crippen LogP contribution in [0, 0.1) is 82.5 Å². The normalized spacial score (nSPS) is 29.0. The van der Waals surface area contributed by atoms with Crippen molar-refractivity contribution in [2.45, 2.75) is 182 Å². The number of nitrogens with zero attached hydrogens (tertiary/aromatic N) is 2. The number of benzene rings is 7. The highest BCUT2D eigenvalue weighted by Crippen LogP contribution is 2.79. The van der Waals surface area contributed by atoms with Gasteiger partial charge in [0.05, 0.1) is 11.0 Å². The number of hydrogen-bond donors (Lipinski definition) is 0. The van der Waals surface area contributed by atoms with Crippen LogP contribution in [0.4, 0.5) is 17.1 Å². The molecule has 0 radical (unpaired) electrons. The van der Waals surface area contributed by atoms with E-state index in [0.29, 0.717) is 5.41 Å². The molecule has 18 rings (SSSR count). The van der Waals surface area contributed by atoms with Crippen LogP contribution >= 0.6 is 0 Å². The number of anilines is 3. The summed E-state index contributed by atoms with van der Waals surface area (Å²) in [7, 11) is 0. The summed E-state index contributed by atoms with van der Waals surface area (Å²) in [4.78, 5) is 2.78. The van der Waals surface area contributed by atoms with Gasteiger partial charge in [0.1, 0.15) is 0 Å². The molecule has 8 saturated carbocycles. The molecule has 2 nitrogen and oxygen atoms in total. The second-order valence-corrected chi connectivity index (χ2v) is 31.8. The van der Waals surface area contributed by atoms with E-state index in [1.54, 1.807) is 16.6 Å². The predicted octanol–water partition coefficient (Wildman–Crippen LogP) is 15.3. The summed E-state index contributed by atoms with van der Waals surface area (Å²) in [5.74, 6) is 5.29. The maximum atomic E-state index is 3.02.